The van der Waals surface area contributed by atoms with Crippen molar-refractivity contribution in [1.29, 1.82) is 0 Å². The molecule has 0 saturated heterocycles. The number of methoxy groups -OCH3 is 1. The molecule has 0 aromatic heterocycles. The molecule has 0 aliphatic heterocycles. The molecule has 1 aromatic carbocycles. The molecule has 0 spiro atoms. The van der Waals surface area contributed by atoms with Crippen molar-refractivity contribution in [2.75, 3.05) is 13.7 Å². The van der Waals surface area contributed by atoms with Crippen molar-refractivity contribution in [2.24, 2.45) is 5.92 Å². The van der Waals surface area contributed by atoms with E-state index >= 15 is 0 Å². The lowest BCUT2D eigenvalue weighted by molar-refractivity contribution is 0.0866. The summed E-state index contributed by atoms with van der Waals surface area (Å²) < 4.78 is 28.0. The van der Waals surface area contributed by atoms with Crippen LogP contribution in [-0.2, 0) is 13.8 Å². The fourth-order valence-electron chi connectivity index (χ4n) is 1.84. The predicted molar refractivity (Wildman–Crippen MR) is 82.2 cm³/mol. The third-order valence-electron chi connectivity index (χ3n) is 3.18. The van der Waals surface area contributed by atoms with Gasteiger partial charge in [-0.25, -0.2) is 8.42 Å². The van der Waals surface area contributed by atoms with Crippen LogP contribution in [0.4, 0.5) is 0 Å². The molecule has 0 aliphatic rings. The van der Waals surface area contributed by atoms with Gasteiger partial charge in [-0.05, 0) is 30.5 Å². The molecule has 118 valence electrons. The molecular weight excluding hydrogens is 314 g/mol. The smallest absolute Gasteiger partial charge is 0.261 e. The van der Waals surface area contributed by atoms with Gasteiger partial charge in [0.25, 0.3) is 15.0 Å². The number of benzene rings is 1. The van der Waals surface area contributed by atoms with Crippen LogP contribution < -0.4 is 5.32 Å². The summed E-state index contributed by atoms with van der Waals surface area (Å²) >= 11 is 0. The van der Waals surface area contributed by atoms with E-state index in [0.717, 1.165) is 0 Å². The van der Waals surface area contributed by atoms with E-state index in [-0.39, 0.29) is 28.3 Å². The lowest BCUT2D eigenvalue weighted by atomic mass is 10.0. The van der Waals surface area contributed by atoms with Gasteiger partial charge >= 0.3 is 0 Å². The summed E-state index contributed by atoms with van der Waals surface area (Å²) in [7, 11) is 3.05. The van der Waals surface area contributed by atoms with Gasteiger partial charge in [-0.15, -0.1) is 0 Å². The molecule has 1 atom stereocenters. The third-order valence-corrected chi connectivity index (χ3v) is 4.64. The van der Waals surface area contributed by atoms with Crippen LogP contribution in [0.2, 0.25) is 0 Å². The van der Waals surface area contributed by atoms with Gasteiger partial charge in [0.15, 0.2) is 0 Å². The number of carbonyl (C=O) groups is 1. The SMILES string of the molecule is COCC(NC(=O)c1ccc(C)c(S(=O)(=O)Cl)c1)C(C)C. The first kappa shape index (κ1) is 17.9. The van der Waals surface area contributed by atoms with Crippen LogP contribution in [0.15, 0.2) is 23.1 Å². The molecule has 1 amide bonds. The molecular formula is C14H20ClNO4S. The Kier molecular flexibility index (Phi) is 6.19. The summed E-state index contributed by atoms with van der Waals surface area (Å²) in [6.45, 7) is 5.94. The molecule has 0 aliphatic carbocycles. The second-order valence-corrected chi connectivity index (χ2v) is 7.73. The highest BCUT2D eigenvalue weighted by molar-refractivity contribution is 8.13. The first-order valence-corrected chi connectivity index (χ1v) is 8.83. The zero-order chi connectivity index (χ0) is 16.2. The maximum atomic E-state index is 12.2. The molecule has 5 nitrogen and oxygen atoms in total. The van der Waals surface area contributed by atoms with Crippen molar-refractivity contribution in [1.82, 2.24) is 5.32 Å². The maximum absolute atomic E-state index is 12.2. The van der Waals surface area contributed by atoms with E-state index in [2.05, 4.69) is 5.32 Å². The van der Waals surface area contributed by atoms with Crippen LogP contribution in [0.25, 0.3) is 0 Å². The van der Waals surface area contributed by atoms with Crippen molar-refractivity contribution >= 4 is 25.6 Å². The first-order valence-electron chi connectivity index (χ1n) is 6.52. The number of aryl methyl sites for hydroxylation is 1. The number of halogens is 1. The summed E-state index contributed by atoms with van der Waals surface area (Å²) in [5.74, 6) is -0.164. The number of amides is 1. The third kappa shape index (κ3) is 4.98. The Morgan fingerprint density at radius 1 is 1.38 bits per heavy atom. The maximum Gasteiger partial charge on any atom is 0.261 e. The summed E-state index contributed by atoms with van der Waals surface area (Å²) in [6, 6.07) is 4.27. The fraction of sp³-hybridized carbons (Fsp3) is 0.500. The van der Waals surface area contributed by atoms with E-state index < -0.39 is 9.05 Å². The van der Waals surface area contributed by atoms with Crippen molar-refractivity contribution in [3.8, 4) is 0 Å². The number of rotatable bonds is 6. The van der Waals surface area contributed by atoms with E-state index in [9.17, 15) is 13.2 Å². The zero-order valence-electron chi connectivity index (χ0n) is 12.5. The van der Waals surface area contributed by atoms with Gasteiger partial charge in [-0.3, -0.25) is 4.79 Å². The van der Waals surface area contributed by atoms with Gasteiger partial charge in [0.05, 0.1) is 17.5 Å². The highest BCUT2D eigenvalue weighted by atomic mass is 35.7. The summed E-state index contributed by atoms with van der Waals surface area (Å²) in [5, 5.41) is 2.83. The van der Waals surface area contributed by atoms with Crippen LogP contribution in [0, 0.1) is 12.8 Å². The first-order chi connectivity index (χ1) is 9.66. The van der Waals surface area contributed by atoms with Crippen molar-refractivity contribution < 1.29 is 17.9 Å². The summed E-state index contributed by atoms with van der Waals surface area (Å²) in [4.78, 5) is 12.2. The second kappa shape index (κ2) is 7.24. The molecule has 1 rings (SSSR count). The molecule has 0 bridgehead atoms. The summed E-state index contributed by atoms with van der Waals surface area (Å²) in [6.07, 6.45) is 0. The van der Waals surface area contributed by atoms with Crippen molar-refractivity contribution in [2.45, 2.75) is 31.7 Å². The molecule has 1 aromatic rings. The molecule has 0 heterocycles. The Morgan fingerprint density at radius 2 is 2.00 bits per heavy atom. The zero-order valence-corrected chi connectivity index (χ0v) is 14.1. The van der Waals surface area contributed by atoms with Crippen LogP contribution in [0.5, 0.6) is 0 Å². The standard InChI is InChI=1S/C14H20ClNO4S/c1-9(2)12(8-20-4)16-14(17)11-6-5-10(3)13(7-11)21(15,18)19/h5-7,9,12H,8H2,1-4H3,(H,16,17). The van der Waals surface area contributed by atoms with Gasteiger partial charge in [0, 0.05) is 23.4 Å². The second-order valence-electron chi connectivity index (χ2n) is 5.20. The quantitative estimate of drug-likeness (QED) is 0.811. The van der Waals surface area contributed by atoms with E-state index in [1.54, 1.807) is 26.2 Å². The highest BCUT2D eigenvalue weighted by Crippen LogP contribution is 2.21. The van der Waals surface area contributed by atoms with E-state index in [4.69, 9.17) is 15.4 Å². The topological polar surface area (TPSA) is 72.5 Å². The highest BCUT2D eigenvalue weighted by Gasteiger charge is 2.20. The van der Waals surface area contributed by atoms with Gasteiger partial charge in [0.2, 0.25) is 0 Å². The molecule has 1 unspecified atom stereocenters. The van der Waals surface area contributed by atoms with E-state index in [1.807, 2.05) is 13.8 Å². The predicted octanol–water partition coefficient (Wildman–Crippen LogP) is 2.32. The minimum absolute atomic E-state index is 0.0512. The number of nitrogens with one attached hydrogen (secondary N) is 1. The lowest BCUT2D eigenvalue weighted by Crippen LogP contribution is -2.41. The van der Waals surface area contributed by atoms with Gasteiger partial charge in [-0.2, -0.15) is 0 Å². The van der Waals surface area contributed by atoms with Crippen LogP contribution >= 0.6 is 10.7 Å². The Hall–Kier alpha value is -1.11. The molecule has 7 heteroatoms. The fourth-order valence-corrected chi connectivity index (χ4v) is 3.06. The Morgan fingerprint density at radius 3 is 2.48 bits per heavy atom. The minimum Gasteiger partial charge on any atom is -0.383 e. The van der Waals surface area contributed by atoms with E-state index in [0.29, 0.717) is 12.2 Å². The number of hydrogen-bond donors (Lipinski definition) is 1. The summed E-state index contributed by atoms with van der Waals surface area (Å²) in [5.41, 5.74) is 0.750. The van der Waals surface area contributed by atoms with Crippen LogP contribution in [-0.4, -0.2) is 34.1 Å². The van der Waals surface area contributed by atoms with Gasteiger partial charge < -0.3 is 10.1 Å². The number of ether oxygens (including phenoxy) is 1. The minimum atomic E-state index is -3.88. The number of hydrogen-bond acceptors (Lipinski definition) is 4. The van der Waals surface area contributed by atoms with Crippen LogP contribution in [0.3, 0.4) is 0 Å². The monoisotopic (exact) mass is 333 g/mol. The Bertz CT molecular complexity index is 613. The largest absolute Gasteiger partial charge is 0.383 e. The van der Waals surface area contributed by atoms with Gasteiger partial charge in [-0.1, -0.05) is 19.9 Å². The molecule has 0 radical (unpaired) electrons. The lowest BCUT2D eigenvalue weighted by Gasteiger charge is -2.21. The molecule has 0 saturated carbocycles. The number of carbonyl (C=O) groups excluding carboxylic acids is 1. The normalized spacial score (nSPS) is 13.2. The molecule has 1 N–H and O–H groups in total. The van der Waals surface area contributed by atoms with E-state index in [1.165, 1.54) is 6.07 Å². The van der Waals surface area contributed by atoms with Crippen molar-refractivity contribution in [3.63, 3.8) is 0 Å². The molecule has 21 heavy (non-hydrogen) atoms. The average Bonchev–Trinajstić information content (AvgIpc) is 2.37. The Balaban J connectivity index is 3.03. The van der Waals surface area contributed by atoms with Crippen molar-refractivity contribution in [3.05, 3.63) is 29.3 Å². The average molecular weight is 334 g/mol. The van der Waals surface area contributed by atoms with Gasteiger partial charge in [0.1, 0.15) is 0 Å². The van der Waals surface area contributed by atoms with Crippen LogP contribution in [0.1, 0.15) is 29.8 Å². The Labute approximate surface area is 130 Å². The molecule has 0 fully saturated rings.